The monoisotopic (exact) mass is 383 g/mol. The van der Waals surface area contributed by atoms with Gasteiger partial charge < -0.3 is 15.1 Å². The van der Waals surface area contributed by atoms with E-state index >= 15 is 0 Å². The first-order valence-corrected chi connectivity index (χ1v) is 9.53. The maximum atomic E-state index is 14.4. The van der Waals surface area contributed by atoms with E-state index in [0.29, 0.717) is 37.4 Å². The molecule has 0 aliphatic carbocycles. The number of benzene rings is 2. The summed E-state index contributed by atoms with van der Waals surface area (Å²) < 4.78 is 14.4. The summed E-state index contributed by atoms with van der Waals surface area (Å²) in [4.78, 5) is 27.7. The third-order valence-corrected chi connectivity index (χ3v) is 5.26. The summed E-state index contributed by atoms with van der Waals surface area (Å²) in [6.07, 6.45) is 0. The number of urea groups is 1. The van der Waals surface area contributed by atoms with Gasteiger partial charge in [0.2, 0.25) is 0 Å². The summed E-state index contributed by atoms with van der Waals surface area (Å²) in [7, 11) is 0. The molecule has 6 heteroatoms. The molecule has 1 fully saturated rings. The number of carbonyl (C=O) groups excluding carboxylic acids is 2. The lowest BCUT2D eigenvalue weighted by molar-refractivity contribution is 0.101. The minimum absolute atomic E-state index is 0.0803. The van der Waals surface area contributed by atoms with Crippen LogP contribution in [0.15, 0.2) is 42.5 Å². The van der Waals surface area contributed by atoms with Gasteiger partial charge in [-0.1, -0.05) is 24.3 Å². The first-order valence-electron chi connectivity index (χ1n) is 9.53. The molecular weight excluding hydrogens is 357 g/mol. The molecule has 1 unspecified atom stereocenters. The Morgan fingerprint density at radius 2 is 1.75 bits per heavy atom. The molecule has 2 aromatic carbocycles. The number of rotatable bonds is 4. The lowest BCUT2D eigenvalue weighted by atomic mass is 10.0. The Kier molecular flexibility index (Phi) is 5.97. The number of hydrogen-bond donors (Lipinski definition) is 1. The van der Waals surface area contributed by atoms with Crippen LogP contribution >= 0.6 is 0 Å². The van der Waals surface area contributed by atoms with Crippen molar-refractivity contribution < 1.29 is 14.0 Å². The molecule has 0 saturated carbocycles. The molecule has 28 heavy (non-hydrogen) atoms. The number of halogens is 1. The zero-order chi connectivity index (χ0) is 20.3. The van der Waals surface area contributed by atoms with Gasteiger partial charge in [-0.25, -0.2) is 9.18 Å². The molecule has 0 aromatic heterocycles. The second-order valence-corrected chi connectivity index (χ2v) is 7.22. The van der Waals surface area contributed by atoms with Gasteiger partial charge in [0.15, 0.2) is 5.78 Å². The molecule has 2 aromatic rings. The number of aryl methyl sites for hydroxylation is 1. The van der Waals surface area contributed by atoms with E-state index in [1.165, 1.54) is 13.0 Å². The number of anilines is 1. The van der Waals surface area contributed by atoms with E-state index in [1.54, 1.807) is 17.0 Å². The van der Waals surface area contributed by atoms with Crippen molar-refractivity contribution in [2.45, 2.75) is 26.8 Å². The number of carbonyl (C=O) groups is 2. The van der Waals surface area contributed by atoms with Crippen LogP contribution in [0.25, 0.3) is 0 Å². The molecule has 0 radical (unpaired) electrons. The Balaban J connectivity index is 1.58. The van der Waals surface area contributed by atoms with Gasteiger partial charge in [0.05, 0.1) is 11.7 Å². The molecule has 5 nitrogen and oxygen atoms in total. The second kappa shape index (κ2) is 8.42. The van der Waals surface area contributed by atoms with Crippen LogP contribution in [0.5, 0.6) is 0 Å². The van der Waals surface area contributed by atoms with Crippen LogP contribution in [0.3, 0.4) is 0 Å². The van der Waals surface area contributed by atoms with E-state index in [9.17, 15) is 14.0 Å². The third-order valence-electron chi connectivity index (χ3n) is 5.26. The molecule has 1 heterocycles. The molecule has 1 N–H and O–H groups in total. The minimum Gasteiger partial charge on any atom is -0.366 e. The first-order chi connectivity index (χ1) is 13.4. The Morgan fingerprint density at radius 1 is 1.07 bits per heavy atom. The van der Waals surface area contributed by atoms with Crippen molar-refractivity contribution in [3.63, 3.8) is 0 Å². The van der Waals surface area contributed by atoms with Gasteiger partial charge >= 0.3 is 6.03 Å². The van der Waals surface area contributed by atoms with Crippen molar-refractivity contribution in [2.24, 2.45) is 0 Å². The number of piperazine rings is 1. The summed E-state index contributed by atoms with van der Waals surface area (Å²) in [5.41, 5.74) is 3.08. The van der Waals surface area contributed by atoms with Crippen molar-refractivity contribution in [1.82, 2.24) is 10.2 Å². The number of amides is 2. The lowest BCUT2D eigenvalue weighted by Gasteiger charge is -2.36. The van der Waals surface area contributed by atoms with Crippen molar-refractivity contribution >= 4 is 17.5 Å². The molecule has 3 rings (SSSR count). The Labute approximate surface area is 165 Å². The van der Waals surface area contributed by atoms with Crippen LogP contribution in [-0.2, 0) is 0 Å². The Morgan fingerprint density at radius 3 is 2.36 bits per heavy atom. The predicted molar refractivity (Wildman–Crippen MR) is 108 cm³/mol. The maximum absolute atomic E-state index is 14.4. The van der Waals surface area contributed by atoms with Gasteiger partial charge in [-0.15, -0.1) is 0 Å². The summed E-state index contributed by atoms with van der Waals surface area (Å²) in [5, 5.41) is 3.05. The summed E-state index contributed by atoms with van der Waals surface area (Å²) in [5.74, 6) is -0.562. The van der Waals surface area contributed by atoms with Gasteiger partial charge in [-0.2, -0.15) is 0 Å². The molecule has 0 spiro atoms. The standard InChI is InChI=1S/C22H26FN3O2/c1-15-6-4-5-7-19(15)16(2)24-22(28)26-12-10-25(11-13-26)21-9-8-18(17(3)27)14-20(21)23/h4-9,14,16H,10-13H2,1-3H3,(H,24,28). The van der Waals surface area contributed by atoms with Crippen LogP contribution in [-0.4, -0.2) is 42.9 Å². The average Bonchev–Trinajstić information content (AvgIpc) is 2.68. The normalized spacial score (nSPS) is 15.3. The highest BCUT2D eigenvalue weighted by molar-refractivity contribution is 5.94. The Bertz CT molecular complexity index is 876. The molecule has 148 valence electrons. The second-order valence-electron chi connectivity index (χ2n) is 7.22. The SMILES string of the molecule is CC(=O)c1ccc(N2CCN(C(=O)NC(C)c3ccccc3C)CC2)c(F)c1. The van der Waals surface area contributed by atoms with E-state index in [0.717, 1.165) is 11.1 Å². The zero-order valence-electron chi connectivity index (χ0n) is 16.5. The van der Waals surface area contributed by atoms with Gasteiger partial charge in [0.1, 0.15) is 5.82 Å². The average molecular weight is 383 g/mol. The fraction of sp³-hybridized carbons (Fsp3) is 0.364. The van der Waals surface area contributed by atoms with Crippen LogP contribution in [0.4, 0.5) is 14.9 Å². The van der Waals surface area contributed by atoms with Gasteiger partial charge in [0, 0.05) is 31.7 Å². The molecule has 2 amide bonds. The van der Waals surface area contributed by atoms with Crippen LogP contribution in [0, 0.1) is 12.7 Å². The Hall–Kier alpha value is -2.89. The fourth-order valence-electron chi connectivity index (χ4n) is 3.56. The van der Waals surface area contributed by atoms with Crippen LogP contribution in [0.2, 0.25) is 0 Å². The van der Waals surface area contributed by atoms with Gasteiger partial charge in [-0.05, 0) is 50.1 Å². The van der Waals surface area contributed by atoms with E-state index in [4.69, 9.17) is 0 Å². The van der Waals surface area contributed by atoms with E-state index in [2.05, 4.69) is 5.32 Å². The molecule has 1 saturated heterocycles. The number of Topliss-reactive ketones (excluding diaryl/α,β-unsaturated/α-hetero) is 1. The largest absolute Gasteiger partial charge is 0.366 e. The number of nitrogens with zero attached hydrogens (tertiary/aromatic N) is 2. The van der Waals surface area contributed by atoms with Gasteiger partial charge in [0.25, 0.3) is 0 Å². The van der Waals surface area contributed by atoms with Gasteiger partial charge in [-0.3, -0.25) is 4.79 Å². The summed E-state index contributed by atoms with van der Waals surface area (Å²) in [6.45, 7) is 7.54. The van der Waals surface area contributed by atoms with Crippen LogP contribution in [0.1, 0.15) is 41.4 Å². The topological polar surface area (TPSA) is 52.7 Å². The lowest BCUT2D eigenvalue weighted by Crippen LogP contribution is -2.52. The quantitative estimate of drug-likeness (QED) is 0.814. The molecule has 0 bridgehead atoms. The minimum atomic E-state index is -0.404. The maximum Gasteiger partial charge on any atom is 0.317 e. The van der Waals surface area contributed by atoms with E-state index in [-0.39, 0.29) is 17.9 Å². The predicted octanol–water partition coefficient (Wildman–Crippen LogP) is 3.93. The summed E-state index contributed by atoms with van der Waals surface area (Å²) in [6, 6.07) is 12.4. The van der Waals surface area contributed by atoms with Crippen molar-refractivity contribution in [3.8, 4) is 0 Å². The molecule has 1 aliphatic heterocycles. The fourth-order valence-corrected chi connectivity index (χ4v) is 3.56. The number of ketones is 1. The highest BCUT2D eigenvalue weighted by Gasteiger charge is 2.24. The van der Waals surface area contributed by atoms with Crippen molar-refractivity contribution in [3.05, 3.63) is 65.0 Å². The highest BCUT2D eigenvalue weighted by atomic mass is 19.1. The highest BCUT2D eigenvalue weighted by Crippen LogP contribution is 2.23. The summed E-state index contributed by atoms with van der Waals surface area (Å²) >= 11 is 0. The van der Waals surface area contributed by atoms with E-state index < -0.39 is 5.82 Å². The number of hydrogen-bond acceptors (Lipinski definition) is 3. The third kappa shape index (κ3) is 4.32. The van der Waals surface area contributed by atoms with Crippen molar-refractivity contribution in [1.29, 1.82) is 0 Å². The first kappa shape index (κ1) is 19.9. The molecular formula is C22H26FN3O2. The number of nitrogens with one attached hydrogen (secondary N) is 1. The van der Waals surface area contributed by atoms with Crippen molar-refractivity contribution in [2.75, 3.05) is 31.1 Å². The molecule has 1 aliphatic rings. The van der Waals surface area contributed by atoms with E-state index in [1.807, 2.05) is 43.0 Å². The van der Waals surface area contributed by atoms with Crippen LogP contribution < -0.4 is 10.2 Å². The smallest absolute Gasteiger partial charge is 0.317 e. The zero-order valence-corrected chi connectivity index (χ0v) is 16.5. The molecule has 1 atom stereocenters.